The lowest BCUT2D eigenvalue weighted by Crippen LogP contribution is -2.24. The molecule has 0 aliphatic heterocycles. The maximum absolute atomic E-state index is 12.4. The van der Waals surface area contributed by atoms with Crippen molar-refractivity contribution in [2.24, 2.45) is 0 Å². The molecule has 6 heteroatoms. The fraction of sp³-hybridized carbons (Fsp3) is 0.400. The molecule has 0 fully saturated rings. The number of rotatable bonds is 7. The number of ether oxygens (including phenoxy) is 1. The summed E-state index contributed by atoms with van der Waals surface area (Å²) >= 11 is 0. The van der Waals surface area contributed by atoms with E-state index >= 15 is 0 Å². The number of aromatic nitrogens is 2. The molecule has 0 spiro atoms. The van der Waals surface area contributed by atoms with Gasteiger partial charge in [-0.15, -0.1) is 0 Å². The Labute approximate surface area is 122 Å². The molecule has 0 radical (unpaired) electrons. The van der Waals surface area contributed by atoms with Crippen LogP contribution in [0.4, 0.5) is 8.78 Å². The highest BCUT2D eigenvalue weighted by molar-refractivity contribution is 5.66. The Balaban J connectivity index is 2.14. The molecule has 0 aliphatic carbocycles. The van der Waals surface area contributed by atoms with Crippen molar-refractivity contribution in [1.29, 1.82) is 0 Å². The smallest absolute Gasteiger partial charge is 0.387 e. The number of nitrogens with one attached hydrogen (secondary N) is 2. The Morgan fingerprint density at radius 3 is 2.81 bits per heavy atom. The minimum atomic E-state index is -2.85. The van der Waals surface area contributed by atoms with E-state index in [1.54, 1.807) is 24.4 Å². The van der Waals surface area contributed by atoms with Gasteiger partial charge in [0.2, 0.25) is 0 Å². The first-order chi connectivity index (χ1) is 10.1. The van der Waals surface area contributed by atoms with Crippen molar-refractivity contribution >= 4 is 0 Å². The molecular formula is C15H19F2N3O. The highest BCUT2D eigenvalue weighted by Gasteiger charge is 2.12. The van der Waals surface area contributed by atoms with Crippen LogP contribution in [-0.4, -0.2) is 22.6 Å². The molecule has 1 aromatic heterocycles. The number of halogens is 2. The predicted octanol–water partition coefficient (Wildman–Crippen LogP) is 3.57. The van der Waals surface area contributed by atoms with Crippen LogP contribution in [-0.2, 0) is 6.54 Å². The Morgan fingerprint density at radius 2 is 2.10 bits per heavy atom. The monoisotopic (exact) mass is 295 g/mol. The highest BCUT2D eigenvalue weighted by Crippen LogP contribution is 2.29. The van der Waals surface area contributed by atoms with Crippen molar-refractivity contribution in [2.75, 3.05) is 0 Å². The summed E-state index contributed by atoms with van der Waals surface area (Å²) in [5, 5.41) is 3.32. The molecule has 0 saturated carbocycles. The zero-order valence-electron chi connectivity index (χ0n) is 12.1. The van der Waals surface area contributed by atoms with Gasteiger partial charge in [-0.2, -0.15) is 8.78 Å². The molecule has 114 valence electrons. The molecule has 1 unspecified atom stereocenters. The van der Waals surface area contributed by atoms with Gasteiger partial charge in [-0.25, -0.2) is 4.98 Å². The third-order valence-corrected chi connectivity index (χ3v) is 3.25. The second-order valence-corrected chi connectivity index (χ2v) is 4.81. The molecule has 1 heterocycles. The molecule has 0 bridgehead atoms. The number of benzene rings is 1. The number of nitrogens with zero attached hydrogens (tertiary/aromatic N) is 1. The highest BCUT2D eigenvalue weighted by atomic mass is 19.3. The maximum Gasteiger partial charge on any atom is 0.387 e. The Hall–Kier alpha value is -1.95. The van der Waals surface area contributed by atoms with Gasteiger partial charge in [0, 0.05) is 11.6 Å². The fourth-order valence-corrected chi connectivity index (χ4v) is 1.89. The molecule has 0 saturated heterocycles. The molecule has 1 aromatic carbocycles. The van der Waals surface area contributed by atoms with E-state index in [9.17, 15) is 8.78 Å². The van der Waals surface area contributed by atoms with E-state index < -0.39 is 6.61 Å². The lowest BCUT2D eigenvalue weighted by molar-refractivity contribution is -0.0494. The van der Waals surface area contributed by atoms with Crippen molar-refractivity contribution in [1.82, 2.24) is 15.3 Å². The quantitative estimate of drug-likeness (QED) is 0.821. The average molecular weight is 295 g/mol. The van der Waals surface area contributed by atoms with E-state index in [1.165, 1.54) is 6.07 Å². The first-order valence-corrected chi connectivity index (χ1v) is 6.91. The minimum Gasteiger partial charge on any atom is -0.434 e. The lowest BCUT2D eigenvalue weighted by atomic mass is 10.1. The lowest BCUT2D eigenvalue weighted by Gasteiger charge is -2.10. The number of hydrogen-bond acceptors (Lipinski definition) is 3. The summed E-state index contributed by atoms with van der Waals surface area (Å²) in [5.74, 6) is 0.898. The van der Waals surface area contributed by atoms with E-state index in [-0.39, 0.29) is 5.75 Å². The molecule has 1 atom stereocenters. The third kappa shape index (κ3) is 4.26. The molecule has 0 aliphatic rings. The first kappa shape index (κ1) is 15.4. The summed E-state index contributed by atoms with van der Waals surface area (Å²) in [7, 11) is 0. The van der Waals surface area contributed by atoms with Gasteiger partial charge >= 0.3 is 6.61 Å². The van der Waals surface area contributed by atoms with E-state index in [4.69, 9.17) is 0 Å². The van der Waals surface area contributed by atoms with E-state index in [0.29, 0.717) is 23.8 Å². The normalized spacial score (nSPS) is 12.6. The molecule has 4 nitrogen and oxygen atoms in total. The summed E-state index contributed by atoms with van der Waals surface area (Å²) < 4.78 is 29.4. The molecule has 2 rings (SSSR count). The van der Waals surface area contributed by atoms with Gasteiger partial charge in [0.05, 0.1) is 18.4 Å². The van der Waals surface area contributed by atoms with Crippen LogP contribution in [0.1, 0.15) is 26.1 Å². The van der Waals surface area contributed by atoms with Crippen molar-refractivity contribution in [3.8, 4) is 17.0 Å². The summed E-state index contributed by atoms with van der Waals surface area (Å²) in [6.07, 6.45) is 2.65. The van der Waals surface area contributed by atoms with Crippen LogP contribution in [0.15, 0.2) is 30.5 Å². The van der Waals surface area contributed by atoms with Crippen LogP contribution >= 0.6 is 0 Å². The number of imidazole rings is 1. The molecule has 0 amide bonds. The van der Waals surface area contributed by atoms with Gasteiger partial charge in [-0.1, -0.05) is 19.1 Å². The summed E-state index contributed by atoms with van der Waals surface area (Å²) in [5.41, 5.74) is 1.23. The third-order valence-electron chi connectivity index (χ3n) is 3.25. The van der Waals surface area contributed by atoms with E-state index in [2.05, 4.69) is 33.9 Å². The van der Waals surface area contributed by atoms with Crippen LogP contribution in [0, 0.1) is 0 Å². The van der Waals surface area contributed by atoms with Gasteiger partial charge in [0.15, 0.2) is 0 Å². The topological polar surface area (TPSA) is 49.9 Å². The van der Waals surface area contributed by atoms with E-state index in [0.717, 1.165) is 12.2 Å². The van der Waals surface area contributed by atoms with Crippen molar-refractivity contribution < 1.29 is 13.5 Å². The van der Waals surface area contributed by atoms with Crippen molar-refractivity contribution in [3.05, 3.63) is 36.3 Å². The van der Waals surface area contributed by atoms with Crippen LogP contribution in [0.25, 0.3) is 11.3 Å². The van der Waals surface area contributed by atoms with Crippen LogP contribution in [0.2, 0.25) is 0 Å². The average Bonchev–Trinajstić information content (AvgIpc) is 2.93. The number of aromatic amines is 1. The molecular weight excluding hydrogens is 276 g/mol. The number of para-hydroxylation sites is 1. The summed E-state index contributed by atoms with van der Waals surface area (Å²) in [4.78, 5) is 7.38. The summed E-state index contributed by atoms with van der Waals surface area (Å²) in [6.45, 7) is 1.95. The molecule has 21 heavy (non-hydrogen) atoms. The van der Waals surface area contributed by atoms with Crippen molar-refractivity contribution in [2.45, 2.75) is 39.5 Å². The van der Waals surface area contributed by atoms with Gasteiger partial charge < -0.3 is 15.0 Å². The Morgan fingerprint density at radius 1 is 1.33 bits per heavy atom. The maximum atomic E-state index is 12.4. The number of hydrogen-bond donors (Lipinski definition) is 2. The second-order valence-electron chi connectivity index (χ2n) is 4.81. The zero-order valence-corrected chi connectivity index (χ0v) is 12.1. The van der Waals surface area contributed by atoms with Crippen LogP contribution < -0.4 is 10.1 Å². The van der Waals surface area contributed by atoms with Crippen molar-refractivity contribution in [3.63, 3.8) is 0 Å². The standard InChI is InChI=1S/C15H19F2N3O/c1-3-10(2)18-9-14-19-8-12(20-14)11-6-4-5-7-13(11)21-15(16)17/h4-8,10,15,18H,3,9H2,1-2H3,(H,19,20). The summed E-state index contributed by atoms with van der Waals surface area (Å²) in [6, 6.07) is 7.05. The first-order valence-electron chi connectivity index (χ1n) is 6.91. The van der Waals surface area contributed by atoms with E-state index in [1.807, 2.05) is 0 Å². The SMILES string of the molecule is CCC(C)NCc1ncc(-c2ccccc2OC(F)F)[nH]1. The van der Waals surface area contributed by atoms with Gasteiger partial charge in [0.25, 0.3) is 0 Å². The minimum absolute atomic E-state index is 0.137. The fourth-order valence-electron chi connectivity index (χ4n) is 1.89. The number of H-pyrrole nitrogens is 1. The van der Waals surface area contributed by atoms with Crippen LogP contribution in [0.3, 0.4) is 0 Å². The van der Waals surface area contributed by atoms with Crippen LogP contribution in [0.5, 0.6) is 5.75 Å². The van der Waals surface area contributed by atoms with Gasteiger partial charge in [-0.05, 0) is 25.5 Å². The predicted molar refractivity (Wildman–Crippen MR) is 77.2 cm³/mol. The Bertz CT molecular complexity index is 572. The Kier molecular flexibility index (Phi) is 5.27. The molecule has 2 N–H and O–H groups in total. The largest absolute Gasteiger partial charge is 0.434 e. The zero-order chi connectivity index (χ0) is 15.2. The van der Waals surface area contributed by atoms with Gasteiger partial charge in [-0.3, -0.25) is 0 Å². The molecule has 2 aromatic rings. The van der Waals surface area contributed by atoms with Gasteiger partial charge in [0.1, 0.15) is 11.6 Å². The number of alkyl halides is 2. The second kappa shape index (κ2) is 7.17.